The standard InChI is InChI=1S/C15H23N3O3/c1-10-6-7-12(8-13(10)18(20)21)11(2)17-9-15(3,4)14(19)16-5/h6-8,11,17H,9H2,1-5H3,(H,16,19)/t11-/m1/s1. The van der Waals surface area contributed by atoms with Crippen LogP contribution in [0.15, 0.2) is 18.2 Å². The zero-order chi connectivity index (χ0) is 16.2. The third kappa shape index (κ3) is 4.26. The van der Waals surface area contributed by atoms with Gasteiger partial charge in [0, 0.05) is 31.3 Å². The highest BCUT2D eigenvalue weighted by Gasteiger charge is 2.27. The number of rotatable bonds is 6. The largest absolute Gasteiger partial charge is 0.359 e. The molecule has 0 aliphatic rings. The maximum atomic E-state index is 11.7. The molecule has 1 atom stereocenters. The quantitative estimate of drug-likeness (QED) is 0.622. The summed E-state index contributed by atoms with van der Waals surface area (Å²) < 4.78 is 0. The molecule has 0 radical (unpaired) electrons. The highest BCUT2D eigenvalue weighted by Crippen LogP contribution is 2.24. The second kappa shape index (κ2) is 6.67. The normalized spacial score (nSPS) is 12.8. The highest BCUT2D eigenvalue weighted by atomic mass is 16.6. The summed E-state index contributed by atoms with van der Waals surface area (Å²) in [5, 5.41) is 16.9. The third-order valence-electron chi connectivity index (χ3n) is 3.62. The molecule has 1 amide bonds. The average Bonchev–Trinajstić information content (AvgIpc) is 2.44. The van der Waals surface area contributed by atoms with Crippen LogP contribution in [0.25, 0.3) is 0 Å². The number of nitrogens with zero attached hydrogens (tertiary/aromatic N) is 1. The third-order valence-corrected chi connectivity index (χ3v) is 3.62. The van der Waals surface area contributed by atoms with Crippen LogP contribution in [-0.4, -0.2) is 24.4 Å². The highest BCUT2D eigenvalue weighted by molar-refractivity contribution is 5.81. The van der Waals surface area contributed by atoms with Crippen molar-refractivity contribution in [1.82, 2.24) is 10.6 Å². The molecule has 0 saturated heterocycles. The average molecular weight is 293 g/mol. The molecular formula is C15H23N3O3. The van der Waals surface area contributed by atoms with Crippen LogP contribution < -0.4 is 10.6 Å². The number of aryl methyl sites for hydroxylation is 1. The van der Waals surface area contributed by atoms with Crippen LogP contribution in [0.3, 0.4) is 0 Å². The van der Waals surface area contributed by atoms with E-state index in [0.29, 0.717) is 12.1 Å². The van der Waals surface area contributed by atoms with Crippen molar-refractivity contribution in [3.8, 4) is 0 Å². The van der Waals surface area contributed by atoms with E-state index < -0.39 is 5.41 Å². The molecular weight excluding hydrogens is 270 g/mol. The Morgan fingerprint density at radius 2 is 2.05 bits per heavy atom. The smallest absolute Gasteiger partial charge is 0.272 e. The van der Waals surface area contributed by atoms with E-state index in [4.69, 9.17) is 0 Å². The number of benzene rings is 1. The molecule has 0 bridgehead atoms. The summed E-state index contributed by atoms with van der Waals surface area (Å²) in [6.07, 6.45) is 0. The first-order valence-corrected chi connectivity index (χ1v) is 6.89. The molecule has 1 aromatic carbocycles. The molecule has 6 nitrogen and oxygen atoms in total. The predicted molar refractivity (Wildman–Crippen MR) is 82.1 cm³/mol. The second-order valence-electron chi connectivity index (χ2n) is 5.87. The first-order valence-electron chi connectivity index (χ1n) is 6.89. The molecule has 21 heavy (non-hydrogen) atoms. The zero-order valence-corrected chi connectivity index (χ0v) is 13.2. The molecule has 0 spiro atoms. The predicted octanol–water partition coefficient (Wildman–Crippen LogP) is 2.33. The van der Waals surface area contributed by atoms with Crippen LogP contribution in [0.4, 0.5) is 5.69 Å². The molecule has 116 valence electrons. The lowest BCUT2D eigenvalue weighted by Gasteiger charge is -2.25. The topological polar surface area (TPSA) is 84.3 Å². The molecule has 1 rings (SSSR count). The van der Waals surface area contributed by atoms with Crippen LogP contribution >= 0.6 is 0 Å². The Kier molecular flexibility index (Phi) is 5.43. The lowest BCUT2D eigenvalue weighted by atomic mass is 9.91. The summed E-state index contributed by atoms with van der Waals surface area (Å²) in [7, 11) is 1.61. The lowest BCUT2D eigenvalue weighted by Crippen LogP contribution is -2.42. The van der Waals surface area contributed by atoms with Gasteiger partial charge in [-0.2, -0.15) is 0 Å². The van der Waals surface area contributed by atoms with Gasteiger partial charge < -0.3 is 10.6 Å². The number of nitro benzene ring substituents is 1. The Morgan fingerprint density at radius 1 is 1.43 bits per heavy atom. The molecule has 1 aromatic rings. The fourth-order valence-corrected chi connectivity index (χ4v) is 2.04. The van der Waals surface area contributed by atoms with Crippen LogP contribution in [0.2, 0.25) is 0 Å². The number of hydrogen-bond donors (Lipinski definition) is 2. The van der Waals surface area contributed by atoms with E-state index in [-0.39, 0.29) is 22.6 Å². The van der Waals surface area contributed by atoms with E-state index in [1.54, 1.807) is 26.1 Å². The van der Waals surface area contributed by atoms with Crippen LogP contribution in [0.1, 0.15) is 37.9 Å². The van der Waals surface area contributed by atoms with Gasteiger partial charge in [-0.25, -0.2) is 0 Å². The van der Waals surface area contributed by atoms with Gasteiger partial charge in [0.25, 0.3) is 5.69 Å². The summed E-state index contributed by atoms with van der Waals surface area (Å²) in [5.41, 5.74) is 1.05. The van der Waals surface area contributed by atoms with Gasteiger partial charge in [-0.1, -0.05) is 12.1 Å². The molecule has 0 aliphatic heterocycles. The van der Waals surface area contributed by atoms with Gasteiger partial charge in [-0.05, 0) is 33.3 Å². The SMILES string of the molecule is CNC(=O)C(C)(C)CN[C@H](C)c1ccc(C)c([N+](=O)[O-])c1. The van der Waals surface area contributed by atoms with E-state index >= 15 is 0 Å². The second-order valence-corrected chi connectivity index (χ2v) is 5.87. The van der Waals surface area contributed by atoms with Crippen molar-refractivity contribution in [3.63, 3.8) is 0 Å². The van der Waals surface area contributed by atoms with Crippen molar-refractivity contribution < 1.29 is 9.72 Å². The summed E-state index contributed by atoms with van der Waals surface area (Å²) in [5.74, 6) is -0.0444. The van der Waals surface area contributed by atoms with Crippen molar-refractivity contribution in [2.24, 2.45) is 5.41 Å². The molecule has 0 aliphatic carbocycles. The van der Waals surface area contributed by atoms with E-state index in [2.05, 4.69) is 10.6 Å². The number of hydrogen-bond acceptors (Lipinski definition) is 4. The zero-order valence-electron chi connectivity index (χ0n) is 13.2. The number of carbonyl (C=O) groups excluding carboxylic acids is 1. The van der Waals surface area contributed by atoms with Gasteiger partial charge in [0.05, 0.1) is 10.3 Å². The van der Waals surface area contributed by atoms with Gasteiger partial charge in [0.2, 0.25) is 5.91 Å². The van der Waals surface area contributed by atoms with Crippen LogP contribution in [0.5, 0.6) is 0 Å². The molecule has 2 N–H and O–H groups in total. The van der Waals surface area contributed by atoms with Crippen LogP contribution in [0, 0.1) is 22.5 Å². The molecule has 0 unspecified atom stereocenters. The van der Waals surface area contributed by atoms with Gasteiger partial charge in [0.15, 0.2) is 0 Å². The first-order chi connectivity index (χ1) is 9.69. The minimum absolute atomic E-state index is 0.0444. The van der Waals surface area contributed by atoms with E-state index in [1.807, 2.05) is 26.8 Å². The first kappa shape index (κ1) is 17.1. The molecule has 0 heterocycles. The van der Waals surface area contributed by atoms with Gasteiger partial charge in [-0.3, -0.25) is 14.9 Å². The molecule has 0 saturated carbocycles. The van der Waals surface area contributed by atoms with E-state index in [9.17, 15) is 14.9 Å². The minimum atomic E-state index is -0.542. The Balaban J connectivity index is 2.81. The Labute approximate surface area is 125 Å². The van der Waals surface area contributed by atoms with Crippen molar-refractivity contribution in [2.45, 2.75) is 33.7 Å². The molecule has 6 heteroatoms. The van der Waals surface area contributed by atoms with E-state index in [0.717, 1.165) is 5.56 Å². The summed E-state index contributed by atoms with van der Waals surface area (Å²) in [6, 6.07) is 5.12. The van der Waals surface area contributed by atoms with Crippen molar-refractivity contribution in [2.75, 3.05) is 13.6 Å². The maximum Gasteiger partial charge on any atom is 0.272 e. The van der Waals surface area contributed by atoms with Crippen molar-refractivity contribution in [1.29, 1.82) is 0 Å². The lowest BCUT2D eigenvalue weighted by molar-refractivity contribution is -0.385. The Hall–Kier alpha value is -1.95. The Bertz CT molecular complexity index is 541. The minimum Gasteiger partial charge on any atom is -0.359 e. The van der Waals surface area contributed by atoms with Gasteiger partial charge in [0.1, 0.15) is 0 Å². The fraction of sp³-hybridized carbons (Fsp3) is 0.533. The monoisotopic (exact) mass is 293 g/mol. The summed E-state index contributed by atoms with van der Waals surface area (Å²) in [6.45, 7) is 7.82. The summed E-state index contributed by atoms with van der Waals surface area (Å²) in [4.78, 5) is 22.3. The van der Waals surface area contributed by atoms with Crippen molar-refractivity contribution in [3.05, 3.63) is 39.4 Å². The number of carbonyl (C=O) groups is 1. The van der Waals surface area contributed by atoms with E-state index in [1.165, 1.54) is 0 Å². The fourth-order valence-electron chi connectivity index (χ4n) is 2.04. The molecule has 0 fully saturated rings. The van der Waals surface area contributed by atoms with Crippen molar-refractivity contribution >= 4 is 11.6 Å². The maximum absolute atomic E-state index is 11.7. The molecule has 0 aromatic heterocycles. The van der Waals surface area contributed by atoms with Crippen LogP contribution in [-0.2, 0) is 4.79 Å². The van der Waals surface area contributed by atoms with Gasteiger partial charge >= 0.3 is 0 Å². The number of amides is 1. The summed E-state index contributed by atoms with van der Waals surface area (Å²) >= 11 is 0. The van der Waals surface area contributed by atoms with Gasteiger partial charge in [-0.15, -0.1) is 0 Å². The Morgan fingerprint density at radius 3 is 2.57 bits per heavy atom. The number of nitro groups is 1. The number of nitrogens with one attached hydrogen (secondary N) is 2.